The summed E-state index contributed by atoms with van der Waals surface area (Å²) < 4.78 is 0. The van der Waals surface area contributed by atoms with Crippen LogP contribution in [0.25, 0.3) is 0 Å². The molecule has 2 aromatic carbocycles. The molecule has 1 aliphatic rings. The van der Waals surface area contributed by atoms with Gasteiger partial charge in [-0.15, -0.1) is 11.3 Å². The fourth-order valence-corrected chi connectivity index (χ4v) is 4.39. The number of fused-ring (bicyclic) bond motifs is 1. The molecule has 1 N–H and O–H groups in total. The normalized spacial score (nSPS) is 14.1. The van der Waals surface area contributed by atoms with E-state index >= 15 is 0 Å². The molecule has 0 radical (unpaired) electrons. The number of carbonyl (C=O) groups excluding carboxylic acids is 1. The summed E-state index contributed by atoms with van der Waals surface area (Å²) in [4.78, 5) is 16.2. The number of amides is 1. The van der Waals surface area contributed by atoms with Crippen LogP contribution in [-0.4, -0.2) is 19.0 Å². The minimum Gasteiger partial charge on any atom is -0.361 e. The molecular formula is C21H19ClN2OS. The lowest BCUT2D eigenvalue weighted by Crippen LogP contribution is -2.37. The number of benzene rings is 2. The maximum absolute atomic E-state index is 12.5. The van der Waals surface area contributed by atoms with E-state index in [1.165, 1.54) is 16.1 Å². The molecule has 3 aromatic rings. The molecule has 0 spiro atoms. The first-order valence-corrected chi connectivity index (χ1v) is 9.90. The number of nitrogens with one attached hydrogen (secondary N) is 1. The second kappa shape index (κ2) is 7.52. The molecule has 132 valence electrons. The summed E-state index contributed by atoms with van der Waals surface area (Å²) in [5.41, 5.74) is 3.27. The quantitative estimate of drug-likeness (QED) is 0.678. The highest BCUT2D eigenvalue weighted by Crippen LogP contribution is 2.36. The maximum Gasteiger partial charge on any atom is 0.251 e. The molecule has 1 atom stereocenters. The van der Waals surface area contributed by atoms with Crippen molar-refractivity contribution in [3.63, 3.8) is 0 Å². The van der Waals surface area contributed by atoms with Gasteiger partial charge < -0.3 is 10.2 Å². The Morgan fingerprint density at radius 1 is 1.12 bits per heavy atom. The van der Waals surface area contributed by atoms with Crippen molar-refractivity contribution in [3.8, 4) is 0 Å². The van der Waals surface area contributed by atoms with Crippen LogP contribution in [0.2, 0.25) is 5.02 Å². The van der Waals surface area contributed by atoms with Crippen molar-refractivity contribution in [2.45, 2.75) is 12.5 Å². The van der Waals surface area contributed by atoms with Gasteiger partial charge in [-0.2, -0.15) is 0 Å². The maximum atomic E-state index is 12.5. The Hall–Kier alpha value is -2.30. The lowest BCUT2D eigenvalue weighted by atomic mass is 10.1. The molecule has 1 aliphatic heterocycles. The van der Waals surface area contributed by atoms with Crippen LogP contribution < -0.4 is 10.2 Å². The molecule has 5 heteroatoms. The summed E-state index contributed by atoms with van der Waals surface area (Å²) in [6, 6.07) is 19.9. The van der Waals surface area contributed by atoms with Gasteiger partial charge in [-0.3, -0.25) is 4.79 Å². The topological polar surface area (TPSA) is 32.3 Å². The standard InChI is InChI=1S/C21H19ClN2OS/c22-17-9-7-16(8-10-17)21(25)23-14-19(20-6-3-13-26-20)24-12-11-15-4-1-2-5-18(15)24/h1-10,13,19H,11-12,14H2,(H,23,25). The minimum atomic E-state index is -0.0734. The Bertz CT molecular complexity index is 893. The summed E-state index contributed by atoms with van der Waals surface area (Å²) in [7, 11) is 0. The minimum absolute atomic E-state index is 0.0734. The van der Waals surface area contributed by atoms with Gasteiger partial charge in [-0.25, -0.2) is 0 Å². The number of para-hydroxylation sites is 1. The van der Waals surface area contributed by atoms with Crippen molar-refractivity contribution in [1.29, 1.82) is 0 Å². The molecular weight excluding hydrogens is 364 g/mol. The number of rotatable bonds is 5. The summed E-state index contributed by atoms with van der Waals surface area (Å²) in [6.45, 7) is 1.54. The molecule has 0 saturated heterocycles. The van der Waals surface area contributed by atoms with E-state index in [1.807, 2.05) is 0 Å². The van der Waals surface area contributed by atoms with Gasteiger partial charge in [0.2, 0.25) is 0 Å². The third-order valence-electron chi connectivity index (χ3n) is 4.73. The van der Waals surface area contributed by atoms with E-state index in [0.717, 1.165) is 13.0 Å². The van der Waals surface area contributed by atoms with E-state index in [-0.39, 0.29) is 11.9 Å². The van der Waals surface area contributed by atoms with Crippen LogP contribution in [0.4, 0.5) is 5.69 Å². The molecule has 0 saturated carbocycles. The van der Waals surface area contributed by atoms with Gasteiger partial charge in [0.15, 0.2) is 0 Å². The van der Waals surface area contributed by atoms with Crippen molar-refractivity contribution in [2.24, 2.45) is 0 Å². The first-order chi connectivity index (χ1) is 12.7. The Balaban J connectivity index is 1.54. The Morgan fingerprint density at radius 3 is 2.69 bits per heavy atom. The lowest BCUT2D eigenvalue weighted by Gasteiger charge is -2.30. The monoisotopic (exact) mass is 382 g/mol. The average Bonchev–Trinajstić information content (AvgIpc) is 3.33. The number of halogens is 1. The zero-order valence-corrected chi connectivity index (χ0v) is 15.8. The predicted octanol–water partition coefficient (Wildman–Crippen LogP) is 4.94. The van der Waals surface area contributed by atoms with Crippen LogP contribution in [-0.2, 0) is 6.42 Å². The van der Waals surface area contributed by atoms with E-state index in [4.69, 9.17) is 11.6 Å². The largest absolute Gasteiger partial charge is 0.361 e. The van der Waals surface area contributed by atoms with Gasteiger partial charge >= 0.3 is 0 Å². The molecule has 0 fully saturated rings. The number of nitrogens with zero attached hydrogens (tertiary/aromatic N) is 1. The first kappa shape index (κ1) is 17.1. The van der Waals surface area contributed by atoms with Crippen LogP contribution in [0, 0.1) is 0 Å². The number of anilines is 1. The van der Waals surface area contributed by atoms with Gasteiger partial charge in [0, 0.05) is 34.2 Å². The predicted molar refractivity (Wildman–Crippen MR) is 108 cm³/mol. The van der Waals surface area contributed by atoms with Gasteiger partial charge in [0.25, 0.3) is 5.91 Å². The summed E-state index contributed by atoms with van der Waals surface area (Å²) in [5, 5.41) is 5.82. The Kier molecular flexibility index (Phi) is 4.96. The summed E-state index contributed by atoms with van der Waals surface area (Å²) in [5.74, 6) is -0.0734. The highest BCUT2D eigenvalue weighted by atomic mass is 35.5. The van der Waals surface area contributed by atoms with Crippen molar-refractivity contribution >= 4 is 34.5 Å². The molecule has 26 heavy (non-hydrogen) atoms. The first-order valence-electron chi connectivity index (χ1n) is 8.64. The summed E-state index contributed by atoms with van der Waals surface area (Å²) >= 11 is 7.64. The average molecular weight is 383 g/mol. The molecule has 2 heterocycles. The smallest absolute Gasteiger partial charge is 0.251 e. The van der Waals surface area contributed by atoms with E-state index in [2.05, 4.69) is 52.0 Å². The highest BCUT2D eigenvalue weighted by Gasteiger charge is 2.28. The Morgan fingerprint density at radius 2 is 1.92 bits per heavy atom. The number of thiophene rings is 1. The van der Waals surface area contributed by atoms with Gasteiger partial charge in [-0.05, 0) is 53.8 Å². The van der Waals surface area contributed by atoms with Crippen LogP contribution in [0.5, 0.6) is 0 Å². The zero-order chi connectivity index (χ0) is 17.9. The second-order valence-electron chi connectivity index (χ2n) is 6.32. The molecule has 1 unspecified atom stereocenters. The van der Waals surface area contributed by atoms with Crippen LogP contribution in [0.1, 0.15) is 26.8 Å². The van der Waals surface area contributed by atoms with Crippen molar-refractivity contribution in [2.75, 3.05) is 18.0 Å². The SMILES string of the molecule is O=C(NCC(c1cccs1)N1CCc2ccccc21)c1ccc(Cl)cc1. The third kappa shape index (κ3) is 3.48. The van der Waals surface area contributed by atoms with Crippen LogP contribution in [0.3, 0.4) is 0 Å². The molecule has 1 aromatic heterocycles. The Labute approximate surface area is 162 Å². The number of hydrogen-bond donors (Lipinski definition) is 1. The van der Waals surface area contributed by atoms with Gasteiger partial charge in [0.05, 0.1) is 6.04 Å². The summed E-state index contributed by atoms with van der Waals surface area (Å²) in [6.07, 6.45) is 1.04. The molecule has 0 bridgehead atoms. The zero-order valence-electron chi connectivity index (χ0n) is 14.2. The van der Waals surface area contributed by atoms with Crippen molar-refractivity contribution in [1.82, 2.24) is 5.32 Å². The third-order valence-corrected chi connectivity index (χ3v) is 5.96. The van der Waals surface area contributed by atoms with Crippen LogP contribution in [0.15, 0.2) is 66.0 Å². The lowest BCUT2D eigenvalue weighted by molar-refractivity contribution is 0.0951. The molecule has 0 aliphatic carbocycles. The van der Waals surface area contributed by atoms with Crippen molar-refractivity contribution < 1.29 is 4.79 Å². The molecule has 1 amide bonds. The van der Waals surface area contributed by atoms with E-state index < -0.39 is 0 Å². The molecule has 4 rings (SSSR count). The number of carbonyl (C=O) groups is 1. The van der Waals surface area contributed by atoms with Crippen molar-refractivity contribution in [3.05, 3.63) is 87.1 Å². The van der Waals surface area contributed by atoms with Crippen LogP contribution >= 0.6 is 22.9 Å². The second-order valence-corrected chi connectivity index (χ2v) is 7.74. The van der Waals surface area contributed by atoms with E-state index in [0.29, 0.717) is 17.1 Å². The van der Waals surface area contributed by atoms with E-state index in [1.54, 1.807) is 35.6 Å². The number of hydrogen-bond acceptors (Lipinski definition) is 3. The van der Waals surface area contributed by atoms with E-state index in [9.17, 15) is 4.79 Å². The fraction of sp³-hybridized carbons (Fsp3) is 0.190. The molecule has 3 nitrogen and oxygen atoms in total. The fourth-order valence-electron chi connectivity index (χ4n) is 3.43. The highest BCUT2D eigenvalue weighted by molar-refractivity contribution is 7.10. The van der Waals surface area contributed by atoms with Gasteiger partial charge in [0.1, 0.15) is 0 Å². The van der Waals surface area contributed by atoms with Gasteiger partial charge in [-0.1, -0.05) is 35.9 Å².